The van der Waals surface area contributed by atoms with Gasteiger partial charge in [-0.25, -0.2) is 9.67 Å². The van der Waals surface area contributed by atoms with Gasteiger partial charge in [-0.3, -0.25) is 4.79 Å². The summed E-state index contributed by atoms with van der Waals surface area (Å²) in [4.78, 5) is 15.8. The van der Waals surface area contributed by atoms with Crippen LogP contribution in [0.5, 0.6) is 0 Å². The van der Waals surface area contributed by atoms with Crippen LogP contribution in [0.1, 0.15) is 35.1 Å². The summed E-state index contributed by atoms with van der Waals surface area (Å²) >= 11 is 11.6. The Morgan fingerprint density at radius 1 is 1.40 bits per heavy atom. The van der Waals surface area contributed by atoms with E-state index < -0.39 is 0 Å². The zero-order valence-corrected chi connectivity index (χ0v) is 11.8. The minimum Gasteiger partial charge on any atom is -0.345 e. The number of carbonyl (C=O) groups excluding carboxylic acids is 1. The lowest BCUT2D eigenvalue weighted by Gasteiger charge is -2.06. The Morgan fingerprint density at radius 3 is 2.90 bits per heavy atom. The van der Waals surface area contributed by atoms with Crippen LogP contribution >= 0.6 is 23.2 Å². The molecule has 0 atom stereocenters. The molecule has 1 saturated carbocycles. The van der Waals surface area contributed by atoms with Gasteiger partial charge in [-0.05, 0) is 35.4 Å². The van der Waals surface area contributed by atoms with Crippen molar-refractivity contribution in [3.63, 3.8) is 0 Å². The van der Waals surface area contributed by atoms with Gasteiger partial charge in [0, 0.05) is 0 Å². The first-order chi connectivity index (χ1) is 9.65. The Morgan fingerprint density at radius 2 is 2.20 bits per heavy atom. The molecule has 1 aliphatic carbocycles. The Labute approximate surface area is 124 Å². The average molecular weight is 313 g/mol. The smallest absolute Gasteiger partial charge is 0.254 e. The number of nitrogens with one attached hydrogen (secondary N) is 1. The summed E-state index contributed by atoms with van der Waals surface area (Å²) in [5.41, 5.74) is 0.265. The number of nitrogens with zero attached hydrogens (tertiary/aromatic N) is 5. The van der Waals surface area contributed by atoms with E-state index in [1.54, 1.807) is 4.68 Å². The van der Waals surface area contributed by atoms with Gasteiger partial charge in [0.15, 0.2) is 5.82 Å². The highest BCUT2D eigenvalue weighted by molar-refractivity contribution is 6.34. The lowest BCUT2D eigenvalue weighted by Crippen LogP contribution is -2.25. The van der Waals surface area contributed by atoms with Crippen molar-refractivity contribution >= 4 is 29.1 Å². The van der Waals surface area contributed by atoms with Crippen molar-refractivity contribution in [2.75, 3.05) is 0 Å². The molecule has 2 aromatic rings. The summed E-state index contributed by atoms with van der Waals surface area (Å²) in [7, 11) is 0. The van der Waals surface area contributed by atoms with Crippen molar-refractivity contribution in [2.45, 2.75) is 25.4 Å². The molecule has 1 aliphatic rings. The molecule has 2 heterocycles. The molecule has 0 saturated heterocycles. The summed E-state index contributed by atoms with van der Waals surface area (Å²) in [6, 6.07) is 3.39. The fourth-order valence-electron chi connectivity index (χ4n) is 1.77. The molecule has 104 valence electrons. The molecule has 0 aromatic carbocycles. The summed E-state index contributed by atoms with van der Waals surface area (Å²) in [6.07, 6.45) is 2.14. The highest BCUT2D eigenvalue weighted by Gasteiger charge is 2.27. The minimum absolute atomic E-state index is 0.0665. The number of rotatable bonds is 4. The molecule has 0 aliphatic heterocycles. The maximum Gasteiger partial charge on any atom is 0.254 e. The van der Waals surface area contributed by atoms with Crippen molar-refractivity contribution in [3.8, 4) is 0 Å². The van der Waals surface area contributed by atoms with E-state index in [-0.39, 0.29) is 28.3 Å². The molecular weight excluding hydrogens is 303 g/mol. The van der Waals surface area contributed by atoms with Gasteiger partial charge >= 0.3 is 0 Å². The number of amides is 1. The molecule has 0 spiro atoms. The monoisotopic (exact) mass is 312 g/mol. The van der Waals surface area contributed by atoms with E-state index in [1.807, 2.05) is 0 Å². The van der Waals surface area contributed by atoms with Crippen LogP contribution in [0.25, 0.3) is 0 Å². The van der Waals surface area contributed by atoms with Crippen LogP contribution in [0.15, 0.2) is 12.1 Å². The van der Waals surface area contributed by atoms with E-state index in [0.29, 0.717) is 11.9 Å². The largest absolute Gasteiger partial charge is 0.345 e. The van der Waals surface area contributed by atoms with E-state index in [4.69, 9.17) is 23.2 Å². The van der Waals surface area contributed by atoms with Crippen LogP contribution in [0.4, 0.5) is 0 Å². The summed E-state index contributed by atoms with van der Waals surface area (Å²) in [5, 5.41) is 14.4. The van der Waals surface area contributed by atoms with Crippen LogP contribution in [0, 0.1) is 0 Å². The molecule has 9 heteroatoms. The molecule has 20 heavy (non-hydrogen) atoms. The number of carbonyl (C=O) groups is 1. The summed E-state index contributed by atoms with van der Waals surface area (Å²) < 4.78 is 1.74. The van der Waals surface area contributed by atoms with Gasteiger partial charge in [-0.1, -0.05) is 23.2 Å². The van der Waals surface area contributed by atoms with Gasteiger partial charge in [0.05, 0.1) is 18.2 Å². The fraction of sp³-hybridized carbons (Fsp3) is 0.364. The molecule has 3 rings (SSSR count). The second kappa shape index (κ2) is 5.34. The second-order valence-electron chi connectivity index (χ2n) is 4.43. The fourth-order valence-corrected chi connectivity index (χ4v) is 2.20. The average Bonchev–Trinajstić information content (AvgIpc) is 3.15. The normalized spacial score (nSPS) is 14.3. The molecular formula is C11H10Cl2N6O. The first-order valence-corrected chi connectivity index (χ1v) is 6.77. The molecule has 1 amide bonds. The number of tetrazole rings is 1. The Hall–Kier alpha value is -1.73. The highest BCUT2D eigenvalue weighted by atomic mass is 35.5. The lowest BCUT2D eigenvalue weighted by molar-refractivity contribution is 0.0949. The van der Waals surface area contributed by atoms with Crippen molar-refractivity contribution in [1.82, 2.24) is 30.5 Å². The highest BCUT2D eigenvalue weighted by Crippen LogP contribution is 2.34. The number of pyridine rings is 1. The molecule has 0 unspecified atom stereocenters. The molecule has 1 N–H and O–H groups in total. The molecule has 0 bridgehead atoms. The minimum atomic E-state index is -0.343. The zero-order valence-electron chi connectivity index (χ0n) is 10.3. The molecule has 2 aromatic heterocycles. The van der Waals surface area contributed by atoms with Gasteiger partial charge < -0.3 is 5.32 Å². The van der Waals surface area contributed by atoms with Crippen molar-refractivity contribution in [2.24, 2.45) is 0 Å². The third-order valence-corrected chi connectivity index (χ3v) is 3.42. The van der Waals surface area contributed by atoms with Gasteiger partial charge in [-0.2, -0.15) is 0 Å². The topological polar surface area (TPSA) is 85.6 Å². The van der Waals surface area contributed by atoms with E-state index in [1.165, 1.54) is 12.1 Å². The molecule has 0 radical (unpaired) electrons. The van der Waals surface area contributed by atoms with Crippen LogP contribution < -0.4 is 5.32 Å². The van der Waals surface area contributed by atoms with Crippen LogP contribution in [0.2, 0.25) is 10.3 Å². The zero-order chi connectivity index (χ0) is 14.1. The summed E-state index contributed by atoms with van der Waals surface area (Å²) in [5.74, 6) is 0.281. The first kappa shape index (κ1) is 13.3. The van der Waals surface area contributed by atoms with Crippen LogP contribution in [0.3, 0.4) is 0 Å². The maximum atomic E-state index is 12.0. The molecule has 1 fully saturated rings. The van der Waals surface area contributed by atoms with Crippen LogP contribution in [-0.2, 0) is 6.54 Å². The Balaban J connectivity index is 1.68. The second-order valence-corrected chi connectivity index (χ2v) is 5.17. The SMILES string of the molecule is O=C(NCc1nnnn1C1CC1)c1ccc(Cl)nc1Cl. The van der Waals surface area contributed by atoms with Crippen molar-refractivity contribution in [1.29, 1.82) is 0 Å². The predicted molar refractivity (Wildman–Crippen MR) is 71.5 cm³/mol. The predicted octanol–water partition coefficient (Wildman–Crippen LogP) is 1.64. The van der Waals surface area contributed by atoms with Crippen molar-refractivity contribution < 1.29 is 4.79 Å². The standard InChI is InChI=1S/C11H10Cl2N6O/c12-8-4-3-7(10(13)15-8)11(20)14-5-9-16-17-18-19(9)6-1-2-6/h3-4,6H,1-2,5H2,(H,14,20). The maximum absolute atomic E-state index is 12.0. The van der Waals surface area contributed by atoms with Gasteiger partial charge in [0.2, 0.25) is 0 Å². The van der Waals surface area contributed by atoms with Crippen LogP contribution in [-0.4, -0.2) is 31.1 Å². The van der Waals surface area contributed by atoms with Gasteiger partial charge in [-0.15, -0.1) is 5.10 Å². The number of aromatic nitrogens is 5. The lowest BCUT2D eigenvalue weighted by atomic mass is 10.2. The van der Waals surface area contributed by atoms with E-state index in [9.17, 15) is 4.79 Å². The van der Waals surface area contributed by atoms with E-state index in [0.717, 1.165) is 12.8 Å². The van der Waals surface area contributed by atoms with Crippen molar-refractivity contribution in [3.05, 3.63) is 33.8 Å². The van der Waals surface area contributed by atoms with E-state index >= 15 is 0 Å². The Kier molecular flexibility index (Phi) is 3.54. The quantitative estimate of drug-likeness (QED) is 0.867. The third kappa shape index (κ3) is 2.73. The Bertz CT molecular complexity index is 654. The van der Waals surface area contributed by atoms with Gasteiger partial charge in [0.25, 0.3) is 5.91 Å². The van der Waals surface area contributed by atoms with Gasteiger partial charge in [0.1, 0.15) is 10.3 Å². The third-order valence-electron chi connectivity index (χ3n) is 2.92. The molecule has 7 nitrogen and oxygen atoms in total. The van der Waals surface area contributed by atoms with E-state index in [2.05, 4.69) is 25.8 Å². The number of hydrogen-bond donors (Lipinski definition) is 1. The summed E-state index contributed by atoms with van der Waals surface area (Å²) in [6.45, 7) is 0.237. The first-order valence-electron chi connectivity index (χ1n) is 6.02. The number of hydrogen-bond acceptors (Lipinski definition) is 5. The number of halogens is 2.